The number of nitrogens with zero attached hydrogens (tertiary/aromatic N) is 1. The minimum atomic E-state index is 0.253. The molecule has 1 unspecified atom stereocenters. The Morgan fingerprint density at radius 1 is 1.41 bits per heavy atom. The topological polar surface area (TPSA) is 32.3 Å². The molecule has 1 atom stereocenters. The number of nitrogens with one attached hydrogen (secondary N) is 1. The van der Waals surface area contributed by atoms with Crippen LogP contribution >= 0.6 is 0 Å². The van der Waals surface area contributed by atoms with E-state index in [1.54, 1.807) is 0 Å². The van der Waals surface area contributed by atoms with Crippen molar-refractivity contribution in [3.8, 4) is 0 Å². The molecular weight excluding hydrogens is 212 g/mol. The molecular formula is C14H28N2O. The van der Waals surface area contributed by atoms with Gasteiger partial charge in [0.2, 0.25) is 5.91 Å². The molecule has 1 saturated heterocycles. The zero-order valence-electron chi connectivity index (χ0n) is 11.7. The maximum absolute atomic E-state index is 11.7. The maximum Gasteiger partial charge on any atom is 0.220 e. The highest BCUT2D eigenvalue weighted by Crippen LogP contribution is 2.19. The Kier molecular flexibility index (Phi) is 6.56. The molecule has 1 amide bonds. The van der Waals surface area contributed by atoms with Crippen molar-refractivity contribution in [3.63, 3.8) is 0 Å². The fourth-order valence-corrected chi connectivity index (χ4v) is 2.26. The zero-order chi connectivity index (χ0) is 12.7. The van der Waals surface area contributed by atoms with Gasteiger partial charge in [0.15, 0.2) is 0 Å². The monoisotopic (exact) mass is 240 g/mol. The van der Waals surface area contributed by atoms with Crippen LogP contribution in [-0.2, 0) is 4.79 Å². The fourth-order valence-electron chi connectivity index (χ4n) is 2.26. The summed E-state index contributed by atoms with van der Waals surface area (Å²) < 4.78 is 0. The second-order valence-corrected chi connectivity index (χ2v) is 5.60. The quantitative estimate of drug-likeness (QED) is 0.772. The summed E-state index contributed by atoms with van der Waals surface area (Å²) in [6, 6.07) is 0. The van der Waals surface area contributed by atoms with Gasteiger partial charge in [0, 0.05) is 13.0 Å². The minimum absolute atomic E-state index is 0.253. The number of carbonyl (C=O) groups excluding carboxylic acids is 1. The molecule has 17 heavy (non-hydrogen) atoms. The van der Waals surface area contributed by atoms with Crippen LogP contribution < -0.4 is 5.32 Å². The second kappa shape index (κ2) is 7.70. The van der Waals surface area contributed by atoms with E-state index in [1.165, 1.54) is 19.3 Å². The van der Waals surface area contributed by atoms with Crippen molar-refractivity contribution in [1.29, 1.82) is 0 Å². The van der Waals surface area contributed by atoms with Crippen LogP contribution in [0.5, 0.6) is 0 Å². The summed E-state index contributed by atoms with van der Waals surface area (Å²) in [5.41, 5.74) is 0. The summed E-state index contributed by atoms with van der Waals surface area (Å²) >= 11 is 0. The Morgan fingerprint density at radius 3 is 2.65 bits per heavy atom. The fraction of sp³-hybridized carbons (Fsp3) is 0.929. The Labute approximate surface area is 106 Å². The molecule has 1 fully saturated rings. The molecule has 1 N–H and O–H groups in total. The number of hydrogen-bond donors (Lipinski definition) is 1. The van der Waals surface area contributed by atoms with Gasteiger partial charge in [-0.25, -0.2) is 0 Å². The van der Waals surface area contributed by atoms with Gasteiger partial charge in [-0.2, -0.15) is 0 Å². The van der Waals surface area contributed by atoms with E-state index < -0.39 is 0 Å². The number of rotatable bonds is 6. The molecule has 1 aliphatic rings. The van der Waals surface area contributed by atoms with Gasteiger partial charge in [-0.15, -0.1) is 0 Å². The van der Waals surface area contributed by atoms with Gasteiger partial charge in [-0.05, 0) is 51.2 Å². The molecule has 0 aliphatic carbocycles. The normalized spacial score (nSPS) is 20.2. The van der Waals surface area contributed by atoms with E-state index in [1.807, 2.05) is 0 Å². The number of carbonyl (C=O) groups is 1. The molecule has 3 heteroatoms. The number of piperidine rings is 1. The van der Waals surface area contributed by atoms with E-state index in [0.29, 0.717) is 5.92 Å². The van der Waals surface area contributed by atoms with Crippen molar-refractivity contribution < 1.29 is 4.79 Å². The predicted molar refractivity (Wildman–Crippen MR) is 71.9 cm³/mol. The Bertz CT molecular complexity index is 222. The molecule has 1 heterocycles. The van der Waals surface area contributed by atoms with Crippen LogP contribution in [0, 0.1) is 11.8 Å². The number of hydrogen-bond acceptors (Lipinski definition) is 2. The smallest absolute Gasteiger partial charge is 0.220 e. The number of amides is 1. The summed E-state index contributed by atoms with van der Waals surface area (Å²) in [4.78, 5) is 14.1. The highest BCUT2D eigenvalue weighted by molar-refractivity contribution is 5.76. The van der Waals surface area contributed by atoms with Gasteiger partial charge in [0.05, 0.1) is 0 Å². The first-order valence-corrected chi connectivity index (χ1v) is 7.07. The highest BCUT2D eigenvalue weighted by atomic mass is 16.1. The van der Waals surface area contributed by atoms with Gasteiger partial charge in [0.25, 0.3) is 0 Å². The average molecular weight is 240 g/mol. The first-order chi connectivity index (χ1) is 8.11. The van der Waals surface area contributed by atoms with Gasteiger partial charge < -0.3 is 10.2 Å². The predicted octanol–water partition coefficient (Wildman–Crippen LogP) is 2.27. The third-order valence-corrected chi connectivity index (χ3v) is 3.97. The average Bonchev–Trinajstić information content (AvgIpc) is 2.32. The van der Waals surface area contributed by atoms with E-state index in [9.17, 15) is 4.79 Å². The lowest BCUT2D eigenvalue weighted by Crippen LogP contribution is -2.34. The van der Waals surface area contributed by atoms with Crippen LogP contribution in [0.15, 0.2) is 0 Å². The molecule has 3 nitrogen and oxygen atoms in total. The summed E-state index contributed by atoms with van der Waals surface area (Å²) in [7, 11) is 2.16. The van der Waals surface area contributed by atoms with Crippen LogP contribution in [0.2, 0.25) is 0 Å². The molecule has 0 spiro atoms. The van der Waals surface area contributed by atoms with Gasteiger partial charge in [0.1, 0.15) is 0 Å². The molecule has 1 rings (SSSR count). The molecule has 1 aliphatic heterocycles. The highest BCUT2D eigenvalue weighted by Gasteiger charge is 2.19. The Hall–Kier alpha value is -0.570. The summed E-state index contributed by atoms with van der Waals surface area (Å²) in [6.07, 6.45) is 5.39. The van der Waals surface area contributed by atoms with Gasteiger partial charge in [-0.3, -0.25) is 4.79 Å². The summed E-state index contributed by atoms with van der Waals surface area (Å²) in [6.45, 7) is 7.57. The molecule has 0 saturated carbocycles. The van der Waals surface area contributed by atoms with Crippen molar-refractivity contribution in [2.24, 2.45) is 11.8 Å². The molecule has 0 aromatic rings. The molecule has 100 valence electrons. The van der Waals surface area contributed by atoms with E-state index in [0.717, 1.165) is 38.4 Å². The van der Waals surface area contributed by atoms with Crippen molar-refractivity contribution in [3.05, 3.63) is 0 Å². The van der Waals surface area contributed by atoms with Crippen molar-refractivity contribution in [2.75, 3.05) is 26.7 Å². The SMILES string of the molecule is CCC(C)CCNC(=O)CC1CCN(C)CC1. The maximum atomic E-state index is 11.7. The van der Waals surface area contributed by atoms with E-state index in [4.69, 9.17) is 0 Å². The second-order valence-electron chi connectivity index (χ2n) is 5.60. The lowest BCUT2D eigenvalue weighted by molar-refractivity contribution is -0.122. The molecule has 0 bridgehead atoms. The Balaban J connectivity index is 2.08. The third kappa shape index (κ3) is 6.06. The van der Waals surface area contributed by atoms with Crippen LogP contribution in [0.3, 0.4) is 0 Å². The first kappa shape index (κ1) is 14.5. The largest absolute Gasteiger partial charge is 0.356 e. The third-order valence-electron chi connectivity index (χ3n) is 3.97. The molecule has 0 aromatic carbocycles. The van der Waals surface area contributed by atoms with Crippen molar-refractivity contribution >= 4 is 5.91 Å². The number of likely N-dealkylation sites (tertiary alicyclic amines) is 1. The van der Waals surface area contributed by atoms with E-state index in [-0.39, 0.29) is 5.91 Å². The minimum Gasteiger partial charge on any atom is -0.356 e. The van der Waals surface area contributed by atoms with E-state index in [2.05, 4.69) is 31.1 Å². The van der Waals surface area contributed by atoms with Crippen LogP contribution in [0.1, 0.15) is 46.0 Å². The van der Waals surface area contributed by atoms with Gasteiger partial charge >= 0.3 is 0 Å². The van der Waals surface area contributed by atoms with Gasteiger partial charge in [-0.1, -0.05) is 20.3 Å². The van der Waals surface area contributed by atoms with Crippen LogP contribution in [0.4, 0.5) is 0 Å². The molecule has 0 aromatic heterocycles. The van der Waals surface area contributed by atoms with Crippen molar-refractivity contribution in [1.82, 2.24) is 10.2 Å². The standard InChI is InChI=1S/C14H28N2O/c1-4-12(2)5-8-15-14(17)11-13-6-9-16(3)10-7-13/h12-13H,4-11H2,1-3H3,(H,15,17). The summed E-state index contributed by atoms with van der Waals surface area (Å²) in [5.74, 6) is 1.58. The van der Waals surface area contributed by atoms with E-state index >= 15 is 0 Å². The molecule has 0 radical (unpaired) electrons. The van der Waals surface area contributed by atoms with Crippen LogP contribution in [-0.4, -0.2) is 37.5 Å². The zero-order valence-corrected chi connectivity index (χ0v) is 11.7. The van der Waals surface area contributed by atoms with Crippen molar-refractivity contribution in [2.45, 2.75) is 46.0 Å². The van der Waals surface area contributed by atoms with Crippen LogP contribution in [0.25, 0.3) is 0 Å². The first-order valence-electron chi connectivity index (χ1n) is 7.07. The lowest BCUT2D eigenvalue weighted by atomic mass is 9.93. The summed E-state index contributed by atoms with van der Waals surface area (Å²) in [5, 5.41) is 3.05. The Morgan fingerprint density at radius 2 is 2.06 bits per heavy atom. The lowest BCUT2D eigenvalue weighted by Gasteiger charge is -2.28.